The predicted octanol–water partition coefficient (Wildman–Crippen LogP) is 1.62. The molecule has 0 aliphatic carbocycles. The molecule has 0 saturated carbocycles. The molecule has 0 aliphatic rings. The number of nitrogens with zero attached hydrogens (tertiary/aromatic N) is 2. The summed E-state index contributed by atoms with van der Waals surface area (Å²) >= 11 is 2.77. The summed E-state index contributed by atoms with van der Waals surface area (Å²) in [6.07, 6.45) is 0. The van der Waals surface area contributed by atoms with Crippen molar-refractivity contribution in [3.63, 3.8) is 0 Å². The third-order valence-electron chi connectivity index (χ3n) is 1.36. The quantitative estimate of drug-likeness (QED) is 0.630. The van der Waals surface area contributed by atoms with Gasteiger partial charge in [-0.25, -0.2) is 0 Å². The Labute approximate surface area is 96.6 Å². The van der Waals surface area contributed by atoms with Gasteiger partial charge in [-0.05, 0) is 13.8 Å². The van der Waals surface area contributed by atoms with Crippen LogP contribution in [0.5, 0.6) is 0 Å². The topological polar surface area (TPSA) is 64.1 Å². The second-order valence-electron chi connectivity index (χ2n) is 3.04. The van der Waals surface area contributed by atoms with Crippen molar-refractivity contribution in [1.29, 1.82) is 0 Å². The third kappa shape index (κ3) is 4.48. The SMILES string of the molecule is COC(=O)CSc1nnc(NC(C)C)s1. The second-order valence-corrected chi connectivity index (χ2v) is 5.24. The number of esters is 1. The van der Waals surface area contributed by atoms with E-state index in [1.54, 1.807) is 0 Å². The van der Waals surface area contributed by atoms with Gasteiger partial charge in [0.25, 0.3) is 0 Å². The summed E-state index contributed by atoms with van der Waals surface area (Å²) in [5.74, 6) is 0.0147. The van der Waals surface area contributed by atoms with Crippen LogP contribution in [0.4, 0.5) is 5.13 Å². The molecule has 1 aromatic rings. The van der Waals surface area contributed by atoms with Crippen molar-refractivity contribution >= 4 is 34.2 Å². The summed E-state index contributed by atoms with van der Waals surface area (Å²) in [5.41, 5.74) is 0. The van der Waals surface area contributed by atoms with Gasteiger partial charge in [-0.2, -0.15) is 0 Å². The van der Waals surface area contributed by atoms with Crippen LogP contribution in [0.25, 0.3) is 0 Å². The summed E-state index contributed by atoms with van der Waals surface area (Å²) in [5, 5.41) is 11.8. The van der Waals surface area contributed by atoms with Crippen LogP contribution in [0.15, 0.2) is 4.34 Å². The maximum atomic E-state index is 10.9. The number of hydrogen-bond acceptors (Lipinski definition) is 7. The molecule has 0 fully saturated rings. The van der Waals surface area contributed by atoms with E-state index >= 15 is 0 Å². The Morgan fingerprint density at radius 3 is 2.93 bits per heavy atom. The monoisotopic (exact) mass is 247 g/mol. The Balaban J connectivity index is 2.42. The highest BCUT2D eigenvalue weighted by atomic mass is 32.2. The highest BCUT2D eigenvalue weighted by molar-refractivity contribution is 8.01. The summed E-state index contributed by atoms with van der Waals surface area (Å²) in [6.45, 7) is 4.06. The molecule has 1 rings (SSSR count). The zero-order valence-electron chi connectivity index (χ0n) is 8.81. The van der Waals surface area contributed by atoms with Crippen molar-refractivity contribution < 1.29 is 9.53 Å². The number of aromatic nitrogens is 2. The zero-order chi connectivity index (χ0) is 11.3. The Kier molecular flexibility index (Phi) is 4.83. The molecule has 0 aliphatic heterocycles. The van der Waals surface area contributed by atoms with Gasteiger partial charge in [0.15, 0.2) is 4.34 Å². The molecule has 0 unspecified atom stereocenters. The van der Waals surface area contributed by atoms with Crippen molar-refractivity contribution in [3.05, 3.63) is 0 Å². The zero-order valence-corrected chi connectivity index (χ0v) is 10.4. The van der Waals surface area contributed by atoms with E-state index in [1.165, 1.54) is 30.2 Å². The minimum atomic E-state index is -0.256. The lowest BCUT2D eigenvalue weighted by molar-refractivity contribution is -0.137. The van der Waals surface area contributed by atoms with Crippen molar-refractivity contribution in [2.24, 2.45) is 0 Å². The first-order chi connectivity index (χ1) is 7.11. The maximum absolute atomic E-state index is 10.9. The van der Waals surface area contributed by atoms with Crippen LogP contribution in [-0.4, -0.2) is 35.1 Å². The lowest BCUT2D eigenvalue weighted by Gasteiger charge is -2.02. The molecular weight excluding hydrogens is 234 g/mol. The Morgan fingerprint density at radius 2 is 2.33 bits per heavy atom. The van der Waals surface area contributed by atoms with Crippen LogP contribution < -0.4 is 5.32 Å². The van der Waals surface area contributed by atoms with Crippen LogP contribution in [0.1, 0.15) is 13.8 Å². The number of thioether (sulfide) groups is 1. The number of nitrogens with one attached hydrogen (secondary N) is 1. The van der Waals surface area contributed by atoms with E-state index in [0.717, 1.165) is 9.47 Å². The summed E-state index contributed by atoms with van der Waals surface area (Å²) in [4.78, 5) is 10.9. The van der Waals surface area contributed by atoms with E-state index in [1.807, 2.05) is 13.8 Å². The highest BCUT2D eigenvalue weighted by Crippen LogP contribution is 2.25. The highest BCUT2D eigenvalue weighted by Gasteiger charge is 2.08. The minimum absolute atomic E-state index is 0.256. The Bertz CT molecular complexity index is 327. The molecule has 0 amide bonds. The van der Waals surface area contributed by atoms with Gasteiger partial charge in [0.1, 0.15) is 0 Å². The lowest BCUT2D eigenvalue weighted by atomic mass is 10.4. The van der Waals surface area contributed by atoms with Gasteiger partial charge in [-0.15, -0.1) is 10.2 Å². The van der Waals surface area contributed by atoms with Gasteiger partial charge in [-0.3, -0.25) is 4.79 Å². The fourth-order valence-corrected chi connectivity index (χ4v) is 2.48. The van der Waals surface area contributed by atoms with E-state index in [4.69, 9.17) is 0 Å². The minimum Gasteiger partial charge on any atom is -0.468 e. The van der Waals surface area contributed by atoms with E-state index < -0.39 is 0 Å². The normalized spacial score (nSPS) is 10.4. The third-order valence-corrected chi connectivity index (χ3v) is 3.32. The molecule has 1 N–H and O–H groups in total. The maximum Gasteiger partial charge on any atom is 0.316 e. The molecule has 1 aromatic heterocycles. The van der Waals surface area contributed by atoms with E-state index in [0.29, 0.717) is 6.04 Å². The van der Waals surface area contributed by atoms with Gasteiger partial charge in [0, 0.05) is 6.04 Å². The first-order valence-electron chi connectivity index (χ1n) is 4.41. The molecule has 0 bridgehead atoms. The molecular formula is C8H13N3O2S2. The second kappa shape index (κ2) is 5.92. The molecule has 0 atom stereocenters. The molecule has 0 aromatic carbocycles. The van der Waals surface area contributed by atoms with Gasteiger partial charge < -0.3 is 10.1 Å². The number of methoxy groups -OCH3 is 1. The van der Waals surface area contributed by atoms with E-state index in [2.05, 4.69) is 20.3 Å². The number of hydrogen-bond donors (Lipinski definition) is 1. The van der Waals surface area contributed by atoms with Crippen LogP contribution in [0, 0.1) is 0 Å². The number of ether oxygens (including phenoxy) is 1. The Morgan fingerprint density at radius 1 is 1.60 bits per heavy atom. The molecule has 15 heavy (non-hydrogen) atoms. The van der Waals surface area contributed by atoms with Gasteiger partial charge in [0.2, 0.25) is 5.13 Å². The Hall–Kier alpha value is -0.820. The van der Waals surface area contributed by atoms with Crippen molar-refractivity contribution in [3.8, 4) is 0 Å². The number of carbonyl (C=O) groups is 1. The number of carbonyl (C=O) groups excluding carboxylic acids is 1. The van der Waals surface area contributed by atoms with Crippen molar-refractivity contribution in [2.45, 2.75) is 24.2 Å². The van der Waals surface area contributed by atoms with Crippen LogP contribution in [0.2, 0.25) is 0 Å². The fourth-order valence-electron chi connectivity index (χ4n) is 0.753. The van der Waals surface area contributed by atoms with Crippen molar-refractivity contribution in [1.82, 2.24) is 10.2 Å². The fraction of sp³-hybridized carbons (Fsp3) is 0.625. The largest absolute Gasteiger partial charge is 0.468 e. The first-order valence-corrected chi connectivity index (χ1v) is 6.21. The number of rotatable bonds is 5. The van der Waals surface area contributed by atoms with Crippen LogP contribution >= 0.6 is 23.1 Å². The van der Waals surface area contributed by atoms with E-state index in [-0.39, 0.29) is 11.7 Å². The predicted molar refractivity (Wildman–Crippen MR) is 61.4 cm³/mol. The summed E-state index contributed by atoms with van der Waals surface area (Å²) < 4.78 is 5.29. The average Bonchev–Trinajstić information content (AvgIpc) is 2.61. The molecule has 7 heteroatoms. The molecule has 84 valence electrons. The van der Waals surface area contributed by atoms with Crippen LogP contribution in [-0.2, 0) is 9.53 Å². The van der Waals surface area contributed by atoms with E-state index in [9.17, 15) is 4.79 Å². The van der Waals surface area contributed by atoms with Gasteiger partial charge in [-0.1, -0.05) is 23.1 Å². The molecule has 1 heterocycles. The molecule has 5 nitrogen and oxygen atoms in total. The number of anilines is 1. The summed E-state index contributed by atoms with van der Waals surface area (Å²) in [6, 6.07) is 0.330. The van der Waals surface area contributed by atoms with Gasteiger partial charge >= 0.3 is 5.97 Å². The molecule has 0 spiro atoms. The molecule has 0 saturated heterocycles. The van der Waals surface area contributed by atoms with Crippen molar-refractivity contribution in [2.75, 3.05) is 18.2 Å². The average molecular weight is 247 g/mol. The standard InChI is InChI=1S/C8H13N3O2S2/c1-5(2)9-7-10-11-8(15-7)14-4-6(12)13-3/h5H,4H2,1-3H3,(H,9,10). The first kappa shape index (κ1) is 12.3. The molecule has 0 radical (unpaired) electrons. The van der Waals surface area contributed by atoms with Gasteiger partial charge in [0.05, 0.1) is 12.9 Å². The smallest absolute Gasteiger partial charge is 0.316 e. The van der Waals surface area contributed by atoms with Crippen LogP contribution in [0.3, 0.4) is 0 Å². The lowest BCUT2D eigenvalue weighted by Crippen LogP contribution is -2.08. The summed E-state index contributed by atoms with van der Waals surface area (Å²) in [7, 11) is 1.37.